The first kappa shape index (κ1) is 35.3. The minimum Gasteiger partial charge on any atom is -0.756 e. The van der Waals surface area contributed by atoms with E-state index in [2.05, 4.69) is 13.8 Å². The van der Waals surface area contributed by atoms with Crippen LogP contribution in [0.2, 0.25) is 0 Å². The highest BCUT2D eigenvalue weighted by molar-refractivity contribution is 7.46. The molecule has 2 unspecified atom stereocenters. The lowest BCUT2D eigenvalue weighted by Crippen LogP contribution is -2.33. The second-order valence-corrected chi connectivity index (χ2v) is 13.8. The quantitative estimate of drug-likeness (QED) is 0.137. The van der Waals surface area contributed by atoms with Gasteiger partial charge in [-0.05, 0) is 40.5 Å². The van der Waals surface area contributed by atoms with Crippen LogP contribution >= 0.6 is 15.6 Å². The molecule has 232 valence electrons. The van der Waals surface area contributed by atoms with Crippen LogP contribution in [0, 0.1) is 0 Å². The highest BCUT2D eigenvalue weighted by Crippen LogP contribution is 2.46. The van der Waals surface area contributed by atoms with Crippen LogP contribution in [-0.4, -0.2) is 62.0 Å². The Morgan fingerprint density at radius 3 is 1.72 bits per heavy atom. The predicted molar refractivity (Wildman–Crippen MR) is 143 cm³/mol. The summed E-state index contributed by atoms with van der Waals surface area (Å²) >= 11 is 0. The molecule has 0 aromatic rings. The number of unbranched alkanes of at least 4 members (excludes halogenated alkanes) is 4. The van der Waals surface area contributed by atoms with Gasteiger partial charge in [0.15, 0.2) is 0 Å². The van der Waals surface area contributed by atoms with Gasteiger partial charge >= 0.3 is 0 Å². The van der Waals surface area contributed by atoms with E-state index in [9.17, 15) is 18.9 Å². The first-order valence-corrected chi connectivity index (χ1v) is 17.5. The second kappa shape index (κ2) is 17.3. The van der Waals surface area contributed by atoms with Crippen molar-refractivity contribution in [2.75, 3.05) is 13.2 Å². The molecular formula is C26H50O11P2-2. The van der Waals surface area contributed by atoms with Crippen molar-refractivity contribution in [3.8, 4) is 0 Å². The van der Waals surface area contributed by atoms with E-state index in [4.69, 9.17) is 32.3 Å². The SMILES string of the molecule is CCCCC[C@H]1C[C@H](OC(C)C)[C@@H](COP(=O)([O-])O[C@H]2C[C@H](CCCCC)O[C@@H]2COP(=O)([O-])OC(C)C)O1. The molecule has 2 heterocycles. The maximum atomic E-state index is 12.9. The monoisotopic (exact) mass is 600 g/mol. The third-order valence-electron chi connectivity index (χ3n) is 6.66. The van der Waals surface area contributed by atoms with Gasteiger partial charge < -0.3 is 42.1 Å². The standard InChI is InChI=1S/C26H52O11P2/c1-7-9-11-13-21-15-23(33-19(3)4)25(34-21)17-32-39(29,30)37-24-16-22(14-12-10-8-2)35-26(24)18-31-38(27,28)36-20(5)6/h19-26H,7-18H2,1-6H3,(H,27,28)(H,29,30)/p-2/t21-,22-,23-,24-,25+,26+/m0/s1. The molecule has 0 aliphatic carbocycles. The molecule has 2 fully saturated rings. The van der Waals surface area contributed by atoms with E-state index in [1.807, 2.05) is 13.8 Å². The van der Waals surface area contributed by atoms with Crippen molar-refractivity contribution in [2.45, 2.75) is 155 Å². The summed E-state index contributed by atoms with van der Waals surface area (Å²) in [4.78, 5) is 24.9. The summed E-state index contributed by atoms with van der Waals surface area (Å²) in [6.45, 7) is 10.6. The van der Waals surface area contributed by atoms with Crippen LogP contribution in [0.25, 0.3) is 0 Å². The summed E-state index contributed by atoms with van der Waals surface area (Å²) in [6.07, 6.45) is 5.15. The second-order valence-electron chi connectivity index (χ2n) is 11.1. The summed E-state index contributed by atoms with van der Waals surface area (Å²) in [6, 6.07) is 0. The van der Waals surface area contributed by atoms with Crippen LogP contribution in [0.4, 0.5) is 0 Å². The van der Waals surface area contributed by atoms with Gasteiger partial charge in [0, 0.05) is 12.8 Å². The summed E-state index contributed by atoms with van der Waals surface area (Å²) in [5.41, 5.74) is 0. The van der Waals surface area contributed by atoms with Crippen molar-refractivity contribution < 1.29 is 51.2 Å². The van der Waals surface area contributed by atoms with Crippen LogP contribution in [0.15, 0.2) is 0 Å². The number of hydrogen-bond acceptors (Lipinski definition) is 11. The minimum atomic E-state index is -4.78. The van der Waals surface area contributed by atoms with Crippen LogP contribution in [0.5, 0.6) is 0 Å². The van der Waals surface area contributed by atoms with E-state index in [1.54, 1.807) is 13.8 Å². The molecule has 2 saturated heterocycles. The molecule has 8 atom stereocenters. The Labute approximate surface area is 234 Å². The zero-order valence-electron chi connectivity index (χ0n) is 24.5. The largest absolute Gasteiger partial charge is 0.756 e. The van der Waals surface area contributed by atoms with Crippen molar-refractivity contribution in [3.05, 3.63) is 0 Å². The molecule has 39 heavy (non-hydrogen) atoms. The molecule has 0 saturated carbocycles. The zero-order valence-corrected chi connectivity index (χ0v) is 26.3. The van der Waals surface area contributed by atoms with Gasteiger partial charge in [-0.15, -0.1) is 0 Å². The number of hydrogen-bond donors (Lipinski definition) is 0. The maximum Gasteiger partial charge on any atom is 0.268 e. The van der Waals surface area contributed by atoms with Gasteiger partial charge in [0.25, 0.3) is 15.6 Å². The molecule has 0 aromatic carbocycles. The Morgan fingerprint density at radius 1 is 0.744 bits per heavy atom. The normalized spacial score (nSPS) is 30.7. The highest BCUT2D eigenvalue weighted by atomic mass is 31.2. The van der Waals surface area contributed by atoms with E-state index in [0.29, 0.717) is 12.8 Å². The molecule has 2 aliphatic heterocycles. The lowest BCUT2D eigenvalue weighted by Gasteiger charge is -2.31. The van der Waals surface area contributed by atoms with E-state index < -0.39 is 46.7 Å². The van der Waals surface area contributed by atoms with Gasteiger partial charge in [-0.2, -0.15) is 0 Å². The molecule has 0 aromatic heterocycles. The number of phosphoric ester groups is 2. The molecular weight excluding hydrogens is 550 g/mol. The molecule has 2 rings (SSSR count). The molecule has 13 heteroatoms. The van der Waals surface area contributed by atoms with Crippen LogP contribution in [0.3, 0.4) is 0 Å². The van der Waals surface area contributed by atoms with Gasteiger partial charge in [-0.25, -0.2) is 0 Å². The van der Waals surface area contributed by atoms with Gasteiger partial charge in [0.05, 0.1) is 49.8 Å². The average Bonchev–Trinajstić information content (AvgIpc) is 3.38. The fourth-order valence-corrected chi connectivity index (χ4v) is 6.78. The molecule has 2 aliphatic rings. The average molecular weight is 601 g/mol. The summed E-state index contributed by atoms with van der Waals surface area (Å²) < 4.78 is 63.5. The first-order chi connectivity index (χ1) is 18.3. The van der Waals surface area contributed by atoms with Crippen molar-refractivity contribution >= 4 is 15.6 Å². The Kier molecular flexibility index (Phi) is 15.6. The van der Waals surface area contributed by atoms with Crippen molar-refractivity contribution in [3.63, 3.8) is 0 Å². The molecule has 0 amide bonds. The van der Waals surface area contributed by atoms with Gasteiger partial charge in [0.2, 0.25) is 0 Å². The molecule has 0 bridgehead atoms. The fourth-order valence-electron chi connectivity index (χ4n) is 4.93. The van der Waals surface area contributed by atoms with E-state index in [0.717, 1.165) is 44.9 Å². The Balaban J connectivity index is 1.98. The molecule has 0 radical (unpaired) electrons. The Morgan fingerprint density at radius 2 is 1.23 bits per heavy atom. The molecule has 0 N–H and O–H groups in total. The smallest absolute Gasteiger partial charge is 0.268 e. The van der Waals surface area contributed by atoms with E-state index in [-0.39, 0.29) is 37.4 Å². The minimum absolute atomic E-state index is 0.00895. The van der Waals surface area contributed by atoms with Crippen molar-refractivity contribution in [1.82, 2.24) is 0 Å². The summed E-state index contributed by atoms with van der Waals surface area (Å²) in [7, 11) is -9.36. The van der Waals surface area contributed by atoms with Crippen molar-refractivity contribution in [2.24, 2.45) is 0 Å². The molecule has 0 spiro atoms. The Bertz CT molecular complexity index is 781. The van der Waals surface area contributed by atoms with E-state index >= 15 is 0 Å². The predicted octanol–water partition coefficient (Wildman–Crippen LogP) is 5.04. The number of rotatable bonds is 20. The third kappa shape index (κ3) is 13.7. The third-order valence-corrected chi connectivity index (χ3v) is 8.80. The van der Waals surface area contributed by atoms with Crippen LogP contribution in [0.1, 0.15) is 106 Å². The van der Waals surface area contributed by atoms with E-state index in [1.165, 1.54) is 0 Å². The maximum absolute atomic E-state index is 12.9. The lowest BCUT2D eigenvalue weighted by atomic mass is 10.1. The van der Waals surface area contributed by atoms with Gasteiger partial charge in [-0.3, -0.25) is 9.13 Å². The van der Waals surface area contributed by atoms with Crippen LogP contribution in [-0.2, 0) is 41.4 Å². The number of ether oxygens (including phenoxy) is 3. The molecule has 11 nitrogen and oxygen atoms in total. The lowest BCUT2D eigenvalue weighted by molar-refractivity contribution is -0.236. The Hall–Kier alpha value is 0.1000. The fraction of sp³-hybridized carbons (Fsp3) is 1.00. The van der Waals surface area contributed by atoms with Gasteiger partial charge in [-0.1, -0.05) is 52.4 Å². The van der Waals surface area contributed by atoms with Crippen molar-refractivity contribution in [1.29, 1.82) is 0 Å². The highest BCUT2D eigenvalue weighted by Gasteiger charge is 2.41. The van der Waals surface area contributed by atoms with Gasteiger partial charge in [0.1, 0.15) is 12.2 Å². The summed E-state index contributed by atoms with van der Waals surface area (Å²) in [5, 5.41) is 0. The first-order valence-electron chi connectivity index (χ1n) is 14.6. The van der Waals surface area contributed by atoms with Crippen LogP contribution < -0.4 is 9.79 Å². The topological polar surface area (TPSA) is 145 Å². The zero-order chi connectivity index (χ0) is 29.1. The summed E-state index contributed by atoms with van der Waals surface area (Å²) in [5.74, 6) is 0. The number of phosphoric acid groups is 2.